The summed E-state index contributed by atoms with van der Waals surface area (Å²) in [6.45, 7) is 7.56. The Balaban J connectivity index is 1.42. The van der Waals surface area contributed by atoms with E-state index in [0.29, 0.717) is 17.1 Å². The summed E-state index contributed by atoms with van der Waals surface area (Å²) in [5, 5.41) is 14.4. The second-order valence-electron chi connectivity index (χ2n) is 11.0. The van der Waals surface area contributed by atoms with Gasteiger partial charge in [0.15, 0.2) is 0 Å². The van der Waals surface area contributed by atoms with E-state index in [0.717, 1.165) is 92.5 Å². The van der Waals surface area contributed by atoms with Crippen LogP contribution in [0.4, 0.5) is 0 Å². The summed E-state index contributed by atoms with van der Waals surface area (Å²) in [6.07, 6.45) is 1.86. The fourth-order valence-electron chi connectivity index (χ4n) is 6.30. The zero-order valence-electron chi connectivity index (χ0n) is 24.1. The first-order valence-corrected chi connectivity index (χ1v) is 14.3. The number of amides is 1. The molecule has 9 heteroatoms. The molecule has 1 aliphatic rings. The molecular weight excluding hydrogens is 528 g/mol. The predicted molar refractivity (Wildman–Crippen MR) is 164 cm³/mol. The molecule has 212 valence electrons. The maximum atomic E-state index is 13.4. The maximum Gasteiger partial charge on any atom is 0.252 e. The first-order chi connectivity index (χ1) is 20.4. The molecule has 0 saturated carbocycles. The van der Waals surface area contributed by atoms with Crippen molar-refractivity contribution in [2.24, 2.45) is 0 Å². The molecule has 9 nitrogen and oxygen atoms in total. The van der Waals surface area contributed by atoms with Crippen molar-refractivity contribution in [3.8, 4) is 28.1 Å². The SMILES string of the molecule is COc1cc2c(cc1-c1c(C)noc1C)[nH]c1nc(C)nc(-c3ccc(C(=O)NC4CCNCC4)c4ccccc34)c12. The van der Waals surface area contributed by atoms with Crippen molar-refractivity contribution >= 4 is 38.6 Å². The summed E-state index contributed by atoms with van der Waals surface area (Å²) in [4.78, 5) is 26.7. The number of nitrogens with zero attached hydrogens (tertiary/aromatic N) is 3. The van der Waals surface area contributed by atoms with Crippen molar-refractivity contribution < 1.29 is 14.1 Å². The van der Waals surface area contributed by atoms with Gasteiger partial charge in [-0.25, -0.2) is 9.97 Å². The first kappa shape index (κ1) is 26.2. The largest absolute Gasteiger partial charge is 0.496 e. The third kappa shape index (κ3) is 4.28. The number of nitrogens with one attached hydrogen (secondary N) is 3. The quantitative estimate of drug-likeness (QED) is 0.237. The highest BCUT2D eigenvalue weighted by atomic mass is 16.5. The molecule has 1 aliphatic heterocycles. The Bertz CT molecular complexity index is 1980. The molecule has 3 aromatic carbocycles. The number of piperidine rings is 1. The van der Waals surface area contributed by atoms with Gasteiger partial charge in [-0.1, -0.05) is 35.5 Å². The second-order valence-corrected chi connectivity index (χ2v) is 11.0. The van der Waals surface area contributed by atoms with Gasteiger partial charge in [0.1, 0.15) is 23.0 Å². The molecule has 0 unspecified atom stereocenters. The number of aromatic nitrogens is 4. The zero-order chi connectivity index (χ0) is 29.0. The fraction of sp³-hybridized carbons (Fsp3) is 0.273. The van der Waals surface area contributed by atoms with Gasteiger partial charge in [0.05, 0.1) is 29.4 Å². The molecule has 0 aliphatic carbocycles. The summed E-state index contributed by atoms with van der Waals surface area (Å²) in [5.41, 5.74) is 6.67. The number of H-pyrrole nitrogens is 1. The van der Waals surface area contributed by atoms with Crippen LogP contribution in [0.5, 0.6) is 5.75 Å². The Morgan fingerprint density at radius 2 is 1.76 bits per heavy atom. The van der Waals surface area contributed by atoms with Gasteiger partial charge < -0.3 is 24.9 Å². The highest BCUT2D eigenvalue weighted by molar-refractivity contribution is 6.17. The van der Waals surface area contributed by atoms with E-state index in [1.807, 2.05) is 57.2 Å². The van der Waals surface area contributed by atoms with E-state index < -0.39 is 0 Å². The van der Waals surface area contributed by atoms with Crippen molar-refractivity contribution in [2.45, 2.75) is 39.7 Å². The Morgan fingerprint density at radius 3 is 2.50 bits per heavy atom. The van der Waals surface area contributed by atoms with Crippen LogP contribution in [-0.2, 0) is 0 Å². The lowest BCUT2D eigenvalue weighted by Gasteiger charge is -2.24. The number of methoxy groups -OCH3 is 1. The fourth-order valence-corrected chi connectivity index (χ4v) is 6.30. The smallest absolute Gasteiger partial charge is 0.252 e. The molecule has 1 saturated heterocycles. The summed E-state index contributed by atoms with van der Waals surface area (Å²) in [7, 11) is 1.67. The van der Waals surface area contributed by atoms with Gasteiger partial charge in [0, 0.05) is 33.6 Å². The first-order valence-electron chi connectivity index (χ1n) is 14.3. The average molecular weight is 561 g/mol. The van der Waals surface area contributed by atoms with Crippen LogP contribution < -0.4 is 15.4 Å². The van der Waals surface area contributed by atoms with Crippen molar-refractivity contribution in [1.29, 1.82) is 0 Å². The number of aromatic amines is 1. The third-order valence-corrected chi connectivity index (χ3v) is 8.28. The van der Waals surface area contributed by atoms with E-state index >= 15 is 0 Å². The number of fused-ring (bicyclic) bond motifs is 4. The molecule has 1 amide bonds. The average Bonchev–Trinajstić information content (AvgIpc) is 3.53. The summed E-state index contributed by atoms with van der Waals surface area (Å²) in [5.74, 6) is 2.04. The minimum Gasteiger partial charge on any atom is -0.496 e. The molecule has 4 heterocycles. The Labute approximate surface area is 242 Å². The van der Waals surface area contributed by atoms with Crippen molar-refractivity contribution in [2.75, 3.05) is 20.2 Å². The topological polar surface area (TPSA) is 118 Å². The Hall–Kier alpha value is -4.76. The Morgan fingerprint density at radius 1 is 0.976 bits per heavy atom. The standard InChI is InChI=1S/C33H32N6O3/c1-17-29(18(2)42-39-17)26-15-27-25(16-28(26)41-4)30-31(35-19(3)36-32(30)38-27)23-9-10-24(22-8-6-5-7-21(22)23)33(40)37-20-11-13-34-14-12-20/h5-10,15-16,20,34H,11-14H2,1-4H3,(H,37,40)(H,35,36,38). The lowest BCUT2D eigenvalue weighted by atomic mass is 9.94. The third-order valence-electron chi connectivity index (χ3n) is 8.28. The number of benzene rings is 3. The molecule has 3 N–H and O–H groups in total. The van der Waals surface area contributed by atoms with Crippen LogP contribution in [0, 0.1) is 20.8 Å². The van der Waals surface area contributed by atoms with E-state index in [1.165, 1.54) is 0 Å². The van der Waals surface area contributed by atoms with E-state index in [-0.39, 0.29) is 11.9 Å². The van der Waals surface area contributed by atoms with Crippen LogP contribution in [0.1, 0.15) is 40.5 Å². The van der Waals surface area contributed by atoms with Crippen LogP contribution in [0.3, 0.4) is 0 Å². The molecule has 42 heavy (non-hydrogen) atoms. The van der Waals surface area contributed by atoms with Crippen LogP contribution in [0.2, 0.25) is 0 Å². The van der Waals surface area contributed by atoms with Gasteiger partial charge in [0.25, 0.3) is 5.91 Å². The summed E-state index contributed by atoms with van der Waals surface area (Å²) >= 11 is 0. The predicted octanol–water partition coefficient (Wildman–Crippen LogP) is 6.00. The monoisotopic (exact) mass is 560 g/mol. The second kappa shape index (κ2) is 10.3. The van der Waals surface area contributed by atoms with Gasteiger partial charge in [-0.15, -0.1) is 0 Å². The molecule has 0 radical (unpaired) electrons. The number of carbonyl (C=O) groups is 1. The molecule has 1 fully saturated rings. The summed E-state index contributed by atoms with van der Waals surface area (Å²) in [6, 6.07) is 16.2. The number of hydrogen-bond donors (Lipinski definition) is 3. The minimum atomic E-state index is -0.0441. The van der Waals surface area contributed by atoms with Gasteiger partial charge >= 0.3 is 0 Å². The normalized spacial score (nSPS) is 14.2. The van der Waals surface area contributed by atoms with Crippen LogP contribution in [0.25, 0.3) is 55.1 Å². The van der Waals surface area contributed by atoms with Gasteiger partial charge in [-0.2, -0.15) is 0 Å². The molecule has 0 spiro atoms. The maximum absolute atomic E-state index is 13.4. The Kier molecular flexibility index (Phi) is 6.39. The van der Waals surface area contributed by atoms with E-state index in [4.69, 9.17) is 19.2 Å². The lowest BCUT2D eigenvalue weighted by Crippen LogP contribution is -2.42. The molecule has 7 rings (SSSR count). The van der Waals surface area contributed by atoms with Gasteiger partial charge in [0.2, 0.25) is 0 Å². The number of ether oxygens (including phenoxy) is 1. The molecule has 0 bridgehead atoms. The molecule has 6 aromatic rings. The molecule has 3 aromatic heterocycles. The van der Waals surface area contributed by atoms with Gasteiger partial charge in [-0.3, -0.25) is 4.79 Å². The van der Waals surface area contributed by atoms with Crippen LogP contribution >= 0.6 is 0 Å². The van der Waals surface area contributed by atoms with Crippen molar-refractivity contribution in [1.82, 2.24) is 30.7 Å². The van der Waals surface area contributed by atoms with E-state index in [9.17, 15) is 4.79 Å². The van der Waals surface area contributed by atoms with Crippen molar-refractivity contribution in [3.63, 3.8) is 0 Å². The lowest BCUT2D eigenvalue weighted by molar-refractivity contribution is 0.0931. The molecular formula is C33H32N6O3. The minimum absolute atomic E-state index is 0.0441. The molecule has 0 atom stereocenters. The highest BCUT2D eigenvalue weighted by Gasteiger charge is 2.23. The number of hydrogen-bond acceptors (Lipinski definition) is 7. The van der Waals surface area contributed by atoms with Gasteiger partial charge in [-0.05, 0) is 75.7 Å². The number of carbonyl (C=O) groups excluding carboxylic acids is 1. The highest BCUT2D eigenvalue weighted by Crippen LogP contribution is 2.42. The number of aryl methyl sites for hydroxylation is 3. The van der Waals surface area contributed by atoms with Crippen molar-refractivity contribution in [3.05, 3.63) is 71.4 Å². The van der Waals surface area contributed by atoms with E-state index in [1.54, 1.807) is 7.11 Å². The van der Waals surface area contributed by atoms with Crippen LogP contribution in [0.15, 0.2) is 53.1 Å². The van der Waals surface area contributed by atoms with E-state index in [2.05, 4.69) is 32.9 Å². The van der Waals surface area contributed by atoms with Crippen LogP contribution in [-0.4, -0.2) is 52.3 Å². The summed E-state index contributed by atoms with van der Waals surface area (Å²) < 4.78 is 11.3. The zero-order valence-corrected chi connectivity index (χ0v) is 24.1. The number of rotatable bonds is 5.